The Morgan fingerprint density at radius 2 is 2.00 bits per heavy atom. The molecule has 0 amide bonds. The Hall–Kier alpha value is -1.11. The van der Waals surface area contributed by atoms with E-state index < -0.39 is 0 Å². The molecule has 0 N–H and O–H groups in total. The SMILES string of the molecule is C=C(C=N/C(C)=C\C)/C=C/C. The first-order valence-electron chi connectivity index (χ1n) is 3.69. The molecule has 0 aromatic heterocycles. The van der Waals surface area contributed by atoms with Crippen molar-refractivity contribution in [3.63, 3.8) is 0 Å². The first kappa shape index (κ1) is 9.89. The summed E-state index contributed by atoms with van der Waals surface area (Å²) in [4.78, 5) is 4.15. The quantitative estimate of drug-likeness (QED) is 0.432. The molecule has 0 rings (SSSR count). The molecule has 0 aromatic rings. The summed E-state index contributed by atoms with van der Waals surface area (Å²) >= 11 is 0. The van der Waals surface area contributed by atoms with Crippen LogP contribution in [0.1, 0.15) is 20.8 Å². The van der Waals surface area contributed by atoms with Crippen molar-refractivity contribution < 1.29 is 0 Å². The van der Waals surface area contributed by atoms with Crippen LogP contribution in [0.4, 0.5) is 0 Å². The van der Waals surface area contributed by atoms with E-state index >= 15 is 0 Å². The van der Waals surface area contributed by atoms with Gasteiger partial charge in [-0.2, -0.15) is 0 Å². The average molecular weight is 149 g/mol. The molecule has 0 aromatic carbocycles. The third-order valence-corrected chi connectivity index (χ3v) is 1.23. The fourth-order valence-electron chi connectivity index (χ4n) is 0.516. The van der Waals surface area contributed by atoms with Crippen LogP contribution in [-0.2, 0) is 0 Å². The first-order chi connectivity index (χ1) is 5.20. The molecule has 0 saturated heterocycles. The highest BCUT2D eigenvalue weighted by Gasteiger charge is 1.80. The van der Waals surface area contributed by atoms with E-state index in [0.29, 0.717) is 0 Å². The van der Waals surface area contributed by atoms with E-state index in [0.717, 1.165) is 11.3 Å². The van der Waals surface area contributed by atoms with Crippen molar-refractivity contribution >= 4 is 6.21 Å². The van der Waals surface area contributed by atoms with Gasteiger partial charge < -0.3 is 0 Å². The Kier molecular flexibility index (Phi) is 5.09. The van der Waals surface area contributed by atoms with Gasteiger partial charge in [0.2, 0.25) is 0 Å². The van der Waals surface area contributed by atoms with Crippen LogP contribution in [0.5, 0.6) is 0 Å². The smallest absolute Gasteiger partial charge is 0.0337 e. The molecule has 0 bridgehead atoms. The number of hydrogen-bond donors (Lipinski definition) is 0. The molecule has 0 aliphatic heterocycles. The number of allylic oxidation sites excluding steroid dienone is 5. The second-order valence-corrected chi connectivity index (χ2v) is 2.26. The number of aliphatic imine (C=N–C) groups is 1. The molecule has 0 aliphatic carbocycles. The van der Waals surface area contributed by atoms with Crippen LogP contribution in [0.25, 0.3) is 0 Å². The van der Waals surface area contributed by atoms with Gasteiger partial charge in [-0.15, -0.1) is 0 Å². The zero-order valence-electron chi connectivity index (χ0n) is 7.46. The van der Waals surface area contributed by atoms with Gasteiger partial charge in [-0.1, -0.05) is 24.8 Å². The maximum absolute atomic E-state index is 4.15. The summed E-state index contributed by atoms with van der Waals surface area (Å²) in [5.41, 5.74) is 1.93. The van der Waals surface area contributed by atoms with E-state index in [2.05, 4.69) is 11.6 Å². The van der Waals surface area contributed by atoms with Crippen LogP contribution in [0, 0.1) is 0 Å². The topological polar surface area (TPSA) is 12.4 Å². The number of rotatable bonds is 3. The summed E-state index contributed by atoms with van der Waals surface area (Å²) in [7, 11) is 0. The zero-order chi connectivity index (χ0) is 8.69. The lowest BCUT2D eigenvalue weighted by molar-refractivity contribution is 1.30. The predicted octanol–water partition coefficient (Wildman–Crippen LogP) is 3.11. The van der Waals surface area contributed by atoms with Crippen molar-refractivity contribution in [2.75, 3.05) is 0 Å². The van der Waals surface area contributed by atoms with Gasteiger partial charge >= 0.3 is 0 Å². The molecule has 0 atom stereocenters. The van der Waals surface area contributed by atoms with Gasteiger partial charge in [0, 0.05) is 11.9 Å². The van der Waals surface area contributed by atoms with E-state index in [1.165, 1.54) is 0 Å². The van der Waals surface area contributed by atoms with Gasteiger partial charge in [-0.25, -0.2) is 0 Å². The van der Waals surface area contributed by atoms with E-state index in [1.54, 1.807) is 6.21 Å². The van der Waals surface area contributed by atoms with E-state index in [1.807, 2.05) is 39.0 Å². The Morgan fingerprint density at radius 1 is 1.36 bits per heavy atom. The molecule has 1 heteroatoms. The summed E-state index contributed by atoms with van der Waals surface area (Å²) < 4.78 is 0. The highest BCUT2D eigenvalue weighted by atomic mass is 14.7. The predicted molar refractivity (Wildman–Crippen MR) is 51.9 cm³/mol. The molecule has 0 spiro atoms. The van der Waals surface area contributed by atoms with Gasteiger partial charge in [0.05, 0.1) is 0 Å². The standard InChI is InChI=1S/C10H15N/c1-5-7-9(3)8-11-10(4)6-2/h5-8H,3H2,1-2,4H3/b7-5+,10-6-,11-8?. The molecule has 0 radical (unpaired) electrons. The minimum absolute atomic E-state index is 0.925. The Morgan fingerprint density at radius 3 is 2.45 bits per heavy atom. The van der Waals surface area contributed by atoms with Crippen molar-refractivity contribution in [2.24, 2.45) is 4.99 Å². The van der Waals surface area contributed by atoms with Crippen LogP contribution in [0.3, 0.4) is 0 Å². The molecule has 11 heavy (non-hydrogen) atoms. The lowest BCUT2D eigenvalue weighted by Gasteiger charge is -1.89. The largest absolute Gasteiger partial charge is 0.261 e. The summed E-state index contributed by atoms with van der Waals surface area (Å²) in [6.45, 7) is 9.67. The summed E-state index contributed by atoms with van der Waals surface area (Å²) in [5.74, 6) is 0. The van der Waals surface area contributed by atoms with Crippen LogP contribution in [0.15, 0.2) is 41.1 Å². The normalized spacial score (nSPS) is 13.2. The van der Waals surface area contributed by atoms with Crippen molar-refractivity contribution in [1.29, 1.82) is 0 Å². The van der Waals surface area contributed by atoms with Crippen molar-refractivity contribution in [3.8, 4) is 0 Å². The van der Waals surface area contributed by atoms with Crippen LogP contribution in [-0.4, -0.2) is 6.21 Å². The molecule has 0 heterocycles. The minimum atomic E-state index is 0.925. The second kappa shape index (κ2) is 5.66. The molecule has 0 unspecified atom stereocenters. The van der Waals surface area contributed by atoms with E-state index in [9.17, 15) is 0 Å². The Balaban J connectivity index is 4.03. The van der Waals surface area contributed by atoms with Gasteiger partial charge in [-0.3, -0.25) is 4.99 Å². The maximum Gasteiger partial charge on any atom is 0.0337 e. The zero-order valence-corrected chi connectivity index (χ0v) is 7.46. The Bertz CT molecular complexity index is 207. The van der Waals surface area contributed by atoms with Crippen LogP contribution >= 0.6 is 0 Å². The summed E-state index contributed by atoms with van der Waals surface area (Å²) in [6.07, 6.45) is 7.58. The molecular formula is C10H15N. The van der Waals surface area contributed by atoms with Crippen LogP contribution < -0.4 is 0 Å². The van der Waals surface area contributed by atoms with Gasteiger partial charge in [-0.05, 0) is 26.3 Å². The highest BCUT2D eigenvalue weighted by Crippen LogP contribution is 1.95. The van der Waals surface area contributed by atoms with Crippen molar-refractivity contribution in [2.45, 2.75) is 20.8 Å². The second-order valence-electron chi connectivity index (χ2n) is 2.26. The summed E-state index contributed by atoms with van der Waals surface area (Å²) in [5, 5.41) is 0. The molecule has 0 aliphatic rings. The van der Waals surface area contributed by atoms with Crippen molar-refractivity contribution in [1.82, 2.24) is 0 Å². The minimum Gasteiger partial charge on any atom is -0.261 e. The van der Waals surface area contributed by atoms with E-state index in [-0.39, 0.29) is 0 Å². The summed E-state index contributed by atoms with van der Waals surface area (Å²) in [6, 6.07) is 0. The monoisotopic (exact) mass is 149 g/mol. The third kappa shape index (κ3) is 5.34. The maximum atomic E-state index is 4.15. The first-order valence-corrected chi connectivity index (χ1v) is 3.69. The van der Waals surface area contributed by atoms with Gasteiger partial charge in [0.1, 0.15) is 0 Å². The molecular weight excluding hydrogens is 134 g/mol. The number of hydrogen-bond acceptors (Lipinski definition) is 1. The molecule has 0 saturated carbocycles. The van der Waals surface area contributed by atoms with E-state index in [4.69, 9.17) is 0 Å². The van der Waals surface area contributed by atoms with Gasteiger partial charge in [0.25, 0.3) is 0 Å². The van der Waals surface area contributed by atoms with Crippen molar-refractivity contribution in [3.05, 3.63) is 36.1 Å². The van der Waals surface area contributed by atoms with Crippen LogP contribution in [0.2, 0.25) is 0 Å². The van der Waals surface area contributed by atoms with Gasteiger partial charge in [0.15, 0.2) is 0 Å². The highest BCUT2D eigenvalue weighted by molar-refractivity contribution is 5.81. The number of nitrogens with zero attached hydrogens (tertiary/aromatic N) is 1. The average Bonchev–Trinajstić information content (AvgIpc) is 2.01. The lowest BCUT2D eigenvalue weighted by Crippen LogP contribution is -1.76. The molecule has 1 nitrogen and oxygen atoms in total. The molecule has 0 fully saturated rings. The third-order valence-electron chi connectivity index (χ3n) is 1.23. The fraction of sp³-hybridized carbons (Fsp3) is 0.300. The molecule has 60 valence electrons. The lowest BCUT2D eigenvalue weighted by atomic mass is 10.3. The fourth-order valence-corrected chi connectivity index (χ4v) is 0.516. The Labute approximate surface area is 68.9 Å².